The summed E-state index contributed by atoms with van der Waals surface area (Å²) in [5.41, 5.74) is 5.11. The second-order valence-electron chi connectivity index (χ2n) is 6.47. The number of aromatic nitrogens is 3. The van der Waals surface area contributed by atoms with Crippen molar-refractivity contribution in [3.63, 3.8) is 0 Å². The maximum absolute atomic E-state index is 13.5. The molecule has 2 aromatic rings. The molecule has 3 rings (SSSR count). The van der Waals surface area contributed by atoms with Gasteiger partial charge in [0.05, 0.1) is 18.8 Å². The molecular formula is C16H17F4N5OS. The summed E-state index contributed by atoms with van der Waals surface area (Å²) < 4.78 is 53.3. The van der Waals surface area contributed by atoms with Crippen molar-refractivity contribution in [3.8, 4) is 0 Å². The van der Waals surface area contributed by atoms with Crippen molar-refractivity contribution in [2.75, 3.05) is 6.54 Å². The van der Waals surface area contributed by atoms with Crippen LogP contribution < -0.4 is 5.73 Å². The van der Waals surface area contributed by atoms with Gasteiger partial charge in [-0.3, -0.25) is 9.69 Å². The fraction of sp³-hybridized carbons (Fsp3) is 0.500. The molecule has 3 heterocycles. The molecule has 0 bridgehead atoms. The minimum absolute atomic E-state index is 0.0299. The van der Waals surface area contributed by atoms with Gasteiger partial charge >= 0.3 is 6.18 Å². The summed E-state index contributed by atoms with van der Waals surface area (Å²) in [6.45, 7) is 0.301. The van der Waals surface area contributed by atoms with Gasteiger partial charge in [0.2, 0.25) is 5.91 Å². The highest BCUT2D eigenvalue weighted by molar-refractivity contribution is 7.11. The van der Waals surface area contributed by atoms with Gasteiger partial charge in [-0.15, -0.1) is 11.3 Å². The van der Waals surface area contributed by atoms with E-state index in [9.17, 15) is 22.4 Å². The smallest absolute Gasteiger partial charge is 0.369 e. The first-order valence-electron chi connectivity index (χ1n) is 8.19. The zero-order valence-electron chi connectivity index (χ0n) is 14.1. The fourth-order valence-corrected chi connectivity index (χ4v) is 4.17. The van der Waals surface area contributed by atoms with Crippen molar-refractivity contribution in [2.45, 2.75) is 38.0 Å². The van der Waals surface area contributed by atoms with Gasteiger partial charge < -0.3 is 5.73 Å². The van der Waals surface area contributed by atoms with Crippen LogP contribution in [0, 0.1) is 11.7 Å². The topological polar surface area (TPSA) is 85.0 Å². The van der Waals surface area contributed by atoms with Crippen LogP contribution in [0.3, 0.4) is 0 Å². The molecule has 0 radical (unpaired) electrons. The van der Waals surface area contributed by atoms with Crippen molar-refractivity contribution in [1.29, 1.82) is 0 Å². The van der Waals surface area contributed by atoms with Gasteiger partial charge in [0.25, 0.3) is 0 Å². The molecule has 1 saturated heterocycles. The number of thiazole rings is 1. The number of hydrogen-bond donors (Lipinski definition) is 1. The second-order valence-corrected chi connectivity index (χ2v) is 7.67. The Labute approximate surface area is 156 Å². The van der Waals surface area contributed by atoms with Crippen molar-refractivity contribution < 1.29 is 22.4 Å². The molecule has 11 heteroatoms. The second kappa shape index (κ2) is 7.85. The predicted octanol–water partition coefficient (Wildman–Crippen LogP) is 2.10. The average molecular weight is 403 g/mol. The molecular weight excluding hydrogens is 386 g/mol. The minimum Gasteiger partial charge on any atom is -0.369 e. The third-order valence-corrected chi connectivity index (χ3v) is 5.28. The molecule has 27 heavy (non-hydrogen) atoms. The number of likely N-dealkylation sites (tertiary alicyclic amines) is 1. The van der Waals surface area contributed by atoms with E-state index in [1.54, 1.807) is 0 Å². The van der Waals surface area contributed by atoms with Gasteiger partial charge in [-0.05, 0) is 12.3 Å². The molecule has 1 fully saturated rings. The summed E-state index contributed by atoms with van der Waals surface area (Å²) in [5, 5.41) is 0.483. The number of carbonyl (C=O) groups excluding carboxylic acids is 1. The van der Waals surface area contributed by atoms with Crippen LogP contribution in [0.2, 0.25) is 0 Å². The largest absolute Gasteiger partial charge is 0.404 e. The molecule has 1 aliphatic heterocycles. The first-order valence-corrected chi connectivity index (χ1v) is 9.01. The van der Waals surface area contributed by atoms with Crippen LogP contribution in [-0.2, 0) is 24.2 Å². The number of halogens is 4. The van der Waals surface area contributed by atoms with Crippen molar-refractivity contribution in [3.05, 3.63) is 40.1 Å². The Bertz CT molecular complexity index is 795. The van der Waals surface area contributed by atoms with Crippen LogP contribution in [-0.4, -0.2) is 44.5 Å². The normalized spacial score (nSPS) is 20.9. The van der Waals surface area contributed by atoms with Crippen LogP contribution in [0.4, 0.5) is 17.6 Å². The molecule has 146 valence electrons. The molecule has 2 unspecified atom stereocenters. The van der Waals surface area contributed by atoms with Crippen molar-refractivity contribution >= 4 is 17.2 Å². The van der Waals surface area contributed by atoms with E-state index in [0.29, 0.717) is 15.7 Å². The average Bonchev–Trinajstić information content (AvgIpc) is 3.16. The van der Waals surface area contributed by atoms with E-state index in [2.05, 4.69) is 15.0 Å². The molecule has 0 saturated carbocycles. The molecule has 1 aliphatic rings. The van der Waals surface area contributed by atoms with Crippen molar-refractivity contribution in [2.24, 2.45) is 11.7 Å². The highest BCUT2D eigenvalue weighted by Crippen LogP contribution is 2.37. The van der Waals surface area contributed by atoms with Crippen LogP contribution in [0.5, 0.6) is 0 Å². The Hall–Kier alpha value is -2.14. The standard InChI is InChI=1S/C16H17F4N5OS/c17-10-4-22-14(23-5-10)2-9-1-12(16(18,19)20)25(7-9)8-11-6-24-15(27-11)3-13(21)26/h4-6,9,12H,1-3,7-8H2,(H2,21,26). The SMILES string of the molecule is NC(=O)Cc1ncc(CN2CC(Cc3ncc(F)cn3)CC2C(F)(F)F)s1. The number of amides is 1. The molecule has 6 nitrogen and oxygen atoms in total. The maximum atomic E-state index is 13.5. The number of primary amides is 1. The lowest BCUT2D eigenvalue weighted by Gasteiger charge is -2.25. The molecule has 0 aliphatic carbocycles. The number of rotatable bonds is 6. The molecule has 2 aromatic heterocycles. The van der Waals surface area contributed by atoms with E-state index >= 15 is 0 Å². The molecule has 0 spiro atoms. The zero-order valence-corrected chi connectivity index (χ0v) is 14.9. The Morgan fingerprint density at radius 2 is 1.96 bits per heavy atom. The number of hydrogen-bond acceptors (Lipinski definition) is 6. The van der Waals surface area contributed by atoms with Crippen LogP contribution in [0.15, 0.2) is 18.6 Å². The van der Waals surface area contributed by atoms with Gasteiger partial charge in [0, 0.05) is 30.6 Å². The first-order chi connectivity index (χ1) is 12.7. The van der Waals surface area contributed by atoms with E-state index in [0.717, 1.165) is 12.4 Å². The number of carbonyl (C=O) groups is 1. The van der Waals surface area contributed by atoms with E-state index < -0.39 is 23.9 Å². The van der Waals surface area contributed by atoms with E-state index in [1.165, 1.54) is 22.4 Å². The highest BCUT2D eigenvalue weighted by Gasteiger charge is 2.49. The van der Waals surface area contributed by atoms with Gasteiger partial charge in [0.1, 0.15) is 16.9 Å². The van der Waals surface area contributed by atoms with Crippen molar-refractivity contribution in [1.82, 2.24) is 19.9 Å². The van der Waals surface area contributed by atoms with Crippen LogP contribution in [0.25, 0.3) is 0 Å². The molecule has 2 N–H and O–H groups in total. The monoisotopic (exact) mass is 403 g/mol. The summed E-state index contributed by atoms with van der Waals surface area (Å²) in [6.07, 6.45) is -0.720. The quantitative estimate of drug-likeness (QED) is 0.747. The third-order valence-electron chi connectivity index (χ3n) is 4.30. The predicted molar refractivity (Wildman–Crippen MR) is 89.1 cm³/mol. The summed E-state index contributed by atoms with van der Waals surface area (Å²) in [4.78, 5) is 24.6. The van der Waals surface area contributed by atoms with Crippen LogP contribution in [0.1, 0.15) is 22.1 Å². The lowest BCUT2D eigenvalue weighted by molar-refractivity contribution is -0.177. The Morgan fingerprint density at radius 3 is 2.59 bits per heavy atom. The maximum Gasteiger partial charge on any atom is 0.404 e. The lowest BCUT2D eigenvalue weighted by Crippen LogP contribution is -2.40. The highest BCUT2D eigenvalue weighted by atomic mass is 32.1. The number of nitrogens with two attached hydrogens (primary N) is 1. The third kappa shape index (κ3) is 5.19. The minimum atomic E-state index is -4.36. The Morgan fingerprint density at radius 1 is 1.26 bits per heavy atom. The van der Waals surface area contributed by atoms with Gasteiger partial charge in [-0.2, -0.15) is 13.2 Å². The first kappa shape index (κ1) is 19.6. The summed E-state index contributed by atoms with van der Waals surface area (Å²) in [5.74, 6) is -1.09. The van der Waals surface area contributed by atoms with Gasteiger partial charge in [-0.25, -0.2) is 19.3 Å². The number of nitrogens with zero attached hydrogens (tertiary/aromatic N) is 4. The van der Waals surface area contributed by atoms with Crippen LogP contribution >= 0.6 is 11.3 Å². The Balaban J connectivity index is 1.69. The molecule has 2 atom stereocenters. The fourth-order valence-electron chi connectivity index (χ4n) is 3.22. The molecule has 1 amide bonds. The lowest BCUT2D eigenvalue weighted by atomic mass is 10.0. The van der Waals surface area contributed by atoms with E-state index in [-0.39, 0.29) is 38.3 Å². The molecule has 0 aromatic carbocycles. The Kier molecular flexibility index (Phi) is 5.70. The number of alkyl halides is 3. The van der Waals surface area contributed by atoms with E-state index in [1.807, 2.05) is 0 Å². The van der Waals surface area contributed by atoms with E-state index in [4.69, 9.17) is 5.73 Å². The van der Waals surface area contributed by atoms with Gasteiger partial charge in [-0.1, -0.05) is 0 Å². The summed E-state index contributed by atoms with van der Waals surface area (Å²) >= 11 is 1.18. The zero-order chi connectivity index (χ0) is 19.6. The summed E-state index contributed by atoms with van der Waals surface area (Å²) in [7, 11) is 0. The van der Waals surface area contributed by atoms with Gasteiger partial charge in [0.15, 0.2) is 5.82 Å². The summed E-state index contributed by atoms with van der Waals surface area (Å²) in [6, 6.07) is -1.58.